The van der Waals surface area contributed by atoms with Crippen LogP contribution in [0, 0.1) is 19.8 Å². The van der Waals surface area contributed by atoms with Gasteiger partial charge in [-0.25, -0.2) is 4.79 Å². The molecule has 1 saturated carbocycles. The van der Waals surface area contributed by atoms with Crippen LogP contribution in [0.3, 0.4) is 0 Å². The van der Waals surface area contributed by atoms with Gasteiger partial charge in [-0.1, -0.05) is 35.7 Å². The lowest BCUT2D eigenvalue weighted by molar-refractivity contribution is -0.153. The molecule has 1 amide bonds. The molecule has 0 saturated heterocycles. The molecular formula is C19H26BrNO3. The molecule has 0 aromatic heterocycles. The van der Waals surface area contributed by atoms with Gasteiger partial charge < -0.3 is 10.1 Å². The first-order chi connectivity index (χ1) is 11.3. The highest BCUT2D eigenvalue weighted by molar-refractivity contribution is 9.10. The highest BCUT2D eigenvalue weighted by Crippen LogP contribution is 2.33. The maximum absolute atomic E-state index is 12.7. The molecule has 1 aromatic rings. The van der Waals surface area contributed by atoms with Crippen LogP contribution >= 0.6 is 15.9 Å². The third-order valence-corrected chi connectivity index (χ3v) is 5.41. The van der Waals surface area contributed by atoms with Gasteiger partial charge in [-0.15, -0.1) is 0 Å². The lowest BCUT2D eigenvalue weighted by atomic mass is 9.76. The number of aryl methyl sites for hydroxylation is 2. The Labute approximate surface area is 152 Å². The number of halogens is 1. The minimum absolute atomic E-state index is 0.122. The van der Waals surface area contributed by atoms with Crippen molar-refractivity contribution < 1.29 is 14.3 Å². The molecule has 0 radical (unpaired) electrons. The van der Waals surface area contributed by atoms with Crippen LogP contribution in [0.15, 0.2) is 16.6 Å². The lowest BCUT2D eigenvalue weighted by Gasteiger charge is -2.38. The van der Waals surface area contributed by atoms with Gasteiger partial charge in [0.2, 0.25) is 5.91 Å². The molecule has 0 unspecified atom stereocenters. The molecule has 4 nitrogen and oxygen atoms in total. The molecule has 0 bridgehead atoms. The van der Waals surface area contributed by atoms with Crippen molar-refractivity contribution in [3.8, 4) is 0 Å². The second kappa shape index (κ2) is 7.68. The van der Waals surface area contributed by atoms with E-state index in [0.29, 0.717) is 18.8 Å². The average Bonchev–Trinajstić information content (AvgIpc) is 2.50. The van der Waals surface area contributed by atoms with Crippen LogP contribution < -0.4 is 5.32 Å². The maximum Gasteiger partial charge on any atom is 0.331 e. The number of benzene rings is 1. The summed E-state index contributed by atoms with van der Waals surface area (Å²) in [6.07, 6.45) is 3.57. The Balaban J connectivity index is 2.18. The molecule has 132 valence electrons. The Morgan fingerprint density at radius 3 is 2.50 bits per heavy atom. The number of nitrogens with one attached hydrogen (secondary N) is 1. The smallest absolute Gasteiger partial charge is 0.331 e. The fourth-order valence-electron chi connectivity index (χ4n) is 3.79. The van der Waals surface area contributed by atoms with Crippen LogP contribution in [0.25, 0.3) is 0 Å². The highest BCUT2D eigenvalue weighted by atomic mass is 79.9. The Bertz CT molecular complexity index is 620. The summed E-state index contributed by atoms with van der Waals surface area (Å²) < 4.78 is 6.00. The van der Waals surface area contributed by atoms with Gasteiger partial charge in [-0.3, -0.25) is 4.79 Å². The molecule has 2 atom stereocenters. The van der Waals surface area contributed by atoms with Crippen molar-refractivity contribution in [2.24, 2.45) is 5.92 Å². The minimum atomic E-state index is -0.874. The number of hydrogen-bond acceptors (Lipinski definition) is 3. The summed E-state index contributed by atoms with van der Waals surface area (Å²) in [6.45, 7) is 6.12. The van der Waals surface area contributed by atoms with E-state index in [1.165, 1.54) is 7.11 Å². The number of carbonyl (C=O) groups is 2. The monoisotopic (exact) mass is 395 g/mol. The van der Waals surface area contributed by atoms with Gasteiger partial charge in [0, 0.05) is 4.47 Å². The van der Waals surface area contributed by atoms with E-state index in [0.717, 1.165) is 34.0 Å². The number of carbonyl (C=O) groups excluding carboxylic acids is 2. The summed E-state index contributed by atoms with van der Waals surface area (Å²) in [4.78, 5) is 25.0. The van der Waals surface area contributed by atoms with E-state index in [4.69, 9.17) is 4.74 Å². The topological polar surface area (TPSA) is 55.4 Å². The normalized spacial score (nSPS) is 23.6. The fraction of sp³-hybridized carbons (Fsp3) is 0.579. The molecule has 1 aromatic carbocycles. The molecule has 5 heteroatoms. The van der Waals surface area contributed by atoms with Crippen molar-refractivity contribution in [3.05, 3.63) is 33.3 Å². The van der Waals surface area contributed by atoms with Gasteiger partial charge in [0.05, 0.1) is 13.5 Å². The number of amides is 1. The lowest BCUT2D eigenvalue weighted by Crippen LogP contribution is -2.57. The van der Waals surface area contributed by atoms with Crippen molar-refractivity contribution >= 4 is 27.8 Å². The first kappa shape index (κ1) is 19.0. The summed E-state index contributed by atoms with van der Waals surface area (Å²) in [7, 11) is 1.39. The average molecular weight is 396 g/mol. The van der Waals surface area contributed by atoms with Gasteiger partial charge in [-0.05, 0) is 61.4 Å². The minimum Gasteiger partial charge on any atom is -0.467 e. The molecule has 0 spiro atoms. The second-order valence-corrected chi connectivity index (χ2v) is 7.93. The van der Waals surface area contributed by atoms with Crippen LogP contribution in [-0.4, -0.2) is 24.5 Å². The van der Waals surface area contributed by atoms with Crippen LogP contribution in [0.4, 0.5) is 0 Å². The van der Waals surface area contributed by atoms with Crippen LogP contribution in [0.5, 0.6) is 0 Å². The van der Waals surface area contributed by atoms with E-state index >= 15 is 0 Å². The van der Waals surface area contributed by atoms with E-state index in [-0.39, 0.29) is 18.3 Å². The zero-order valence-electron chi connectivity index (χ0n) is 14.9. The van der Waals surface area contributed by atoms with Gasteiger partial charge in [0.15, 0.2) is 0 Å². The Hall–Kier alpha value is -1.36. The van der Waals surface area contributed by atoms with Crippen molar-refractivity contribution in [1.82, 2.24) is 5.32 Å². The van der Waals surface area contributed by atoms with Crippen LogP contribution in [-0.2, 0) is 20.7 Å². The molecule has 2 rings (SSSR count). The molecule has 1 aliphatic rings. The number of hydrogen-bond donors (Lipinski definition) is 1. The zero-order chi connectivity index (χ0) is 17.9. The van der Waals surface area contributed by atoms with Crippen molar-refractivity contribution in [3.63, 3.8) is 0 Å². The summed E-state index contributed by atoms with van der Waals surface area (Å²) in [6, 6.07) is 4.02. The summed E-state index contributed by atoms with van der Waals surface area (Å²) >= 11 is 3.47. The largest absolute Gasteiger partial charge is 0.467 e. The molecule has 24 heavy (non-hydrogen) atoms. The van der Waals surface area contributed by atoms with E-state index in [9.17, 15) is 9.59 Å². The molecule has 0 aliphatic heterocycles. The van der Waals surface area contributed by atoms with E-state index in [1.807, 2.05) is 26.0 Å². The number of ether oxygens (including phenoxy) is 1. The number of rotatable bonds is 4. The van der Waals surface area contributed by atoms with Crippen molar-refractivity contribution in [2.45, 2.75) is 58.4 Å². The van der Waals surface area contributed by atoms with Gasteiger partial charge in [-0.2, -0.15) is 0 Å². The first-order valence-electron chi connectivity index (χ1n) is 8.42. The highest BCUT2D eigenvalue weighted by Gasteiger charge is 2.44. The van der Waals surface area contributed by atoms with Crippen molar-refractivity contribution in [1.29, 1.82) is 0 Å². The molecule has 0 heterocycles. The SMILES string of the molecule is COC(=O)[C@]1(NC(=O)Cc2c(C)cc(Br)cc2C)CCC[C@H](C)C1. The maximum atomic E-state index is 12.7. The predicted molar refractivity (Wildman–Crippen MR) is 97.8 cm³/mol. The Morgan fingerprint density at radius 1 is 1.33 bits per heavy atom. The predicted octanol–water partition coefficient (Wildman–Crippen LogP) is 3.85. The molecule has 1 fully saturated rings. The number of methoxy groups -OCH3 is 1. The third kappa shape index (κ3) is 4.18. The Kier molecular flexibility index (Phi) is 6.07. The molecule has 1 N–H and O–H groups in total. The molecular weight excluding hydrogens is 370 g/mol. The van der Waals surface area contributed by atoms with E-state index < -0.39 is 5.54 Å². The first-order valence-corrected chi connectivity index (χ1v) is 9.22. The van der Waals surface area contributed by atoms with E-state index in [1.54, 1.807) is 0 Å². The van der Waals surface area contributed by atoms with E-state index in [2.05, 4.69) is 28.2 Å². The Morgan fingerprint density at radius 2 is 1.96 bits per heavy atom. The third-order valence-electron chi connectivity index (χ3n) is 4.95. The summed E-state index contributed by atoms with van der Waals surface area (Å²) in [5.74, 6) is -0.0519. The molecule has 1 aliphatic carbocycles. The van der Waals surface area contributed by atoms with Crippen LogP contribution in [0.2, 0.25) is 0 Å². The quantitative estimate of drug-likeness (QED) is 0.787. The van der Waals surface area contributed by atoms with Crippen LogP contribution in [0.1, 0.15) is 49.3 Å². The zero-order valence-corrected chi connectivity index (χ0v) is 16.5. The van der Waals surface area contributed by atoms with Gasteiger partial charge in [0.1, 0.15) is 5.54 Å². The standard InChI is InChI=1S/C19H26BrNO3/c1-12-6-5-7-19(11-12,18(23)24-4)21-17(22)10-16-13(2)8-15(20)9-14(16)3/h8-9,12H,5-7,10-11H2,1-4H3,(H,21,22)/t12-,19-/m0/s1. The fourth-order valence-corrected chi connectivity index (χ4v) is 4.47. The number of esters is 1. The van der Waals surface area contributed by atoms with Gasteiger partial charge >= 0.3 is 5.97 Å². The summed E-state index contributed by atoms with van der Waals surface area (Å²) in [5, 5.41) is 3.01. The van der Waals surface area contributed by atoms with Gasteiger partial charge in [0.25, 0.3) is 0 Å². The van der Waals surface area contributed by atoms with Crippen molar-refractivity contribution in [2.75, 3.05) is 7.11 Å². The second-order valence-electron chi connectivity index (χ2n) is 7.02. The summed E-state index contributed by atoms with van der Waals surface area (Å²) in [5.41, 5.74) is 2.28.